The molecule has 0 radical (unpaired) electrons. The summed E-state index contributed by atoms with van der Waals surface area (Å²) in [7, 11) is 1.86. The van der Waals surface area contributed by atoms with Gasteiger partial charge in [-0.2, -0.15) is 0 Å². The fourth-order valence-electron chi connectivity index (χ4n) is 1.75. The van der Waals surface area contributed by atoms with Gasteiger partial charge in [-0.15, -0.1) is 11.3 Å². The molecule has 0 aliphatic heterocycles. The van der Waals surface area contributed by atoms with Gasteiger partial charge in [0, 0.05) is 4.88 Å². The summed E-state index contributed by atoms with van der Waals surface area (Å²) in [6.07, 6.45) is 0. The van der Waals surface area contributed by atoms with Gasteiger partial charge < -0.3 is 5.32 Å². The molecule has 1 N–H and O–H groups in total. The highest BCUT2D eigenvalue weighted by Crippen LogP contribution is 2.31. The predicted octanol–water partition coefficient (Wildman–Crippen LogP) is 4.16. The molecule has 1 unspecified atom stereocenters. The van der Waals surface area contributed by atoms with Crippen LogP contribution in [0, 0.1) is 12.7 Å². The molecule has 0 aliphatic carbocycles. The standard InChI is InChI=1S/C13H13ClFNS/c1-8-3-4-9(7-10(8)15)13(16-2)11-5-6-12(14)17-11/h3-7,13,16H,1-2H3. The number of nitrogens with one attached hydrogen (secondary N) is 1. The van der Waals surface area contributed by atoms with Gasteiger partial charge >= 0.3 is 0 Å². The van der Waals surface area contributed by atoms with Crippen LogP contribution < -0.4 is 5.32 Å². The van der Waals surface area contributed by atoms with Crippen LogP contribution in [-0.2, 0) is 0 Å². The Kier molecular flexibility index (Phi) is 3.82. The average Bonchev–Trinajstić information content (AvgIpc) is 2.71. The van der Waals surface area contributed by atoms with Crippen LogP contribution in [0.5, 0.6) is 0 Å². The number of halogens is 2. The molecule has 2 aromatic rings. The summed E-state index contributed by atoms with van der Waals surface area (Å²) in [4.78, 5) is 1.08. The van der Waals surface area contributed by atoms with Crippen LogP contribution in [0.3, 0.4) is 0 Å². The van der Waals surface area contributed by atoms with Crippen molar-refractivity contribution in [2.45, 2.75) is 13.0 Å². The van der Waals surface area contributed by atoms with Crippen LogP contribution in [-0.4, -0.2) is 7.05 Å². The van der Waals surface area contributed by atoms with Crippen LogP contribution in [0.4, 0.5) is 4.39 Å². The molecule has 90 valence electrons. The van der Waals surface area contributed by atoms with Crippen LogP contribution in [0.2, 0.25) is 4.34 Å². The fraction of sp³-hybridized carbons (Fsp3) is 0.231. The third kappa shape index (κ3) is 2.68. The summed E-state index contributed by atoms with van der Waals surface area (Å²) in [6.45, 7) is 1.76. The third-order valence-corrected chi connectivity index (χ3v) is 3.99. The molecule has 1 nitrogen and oxygen atoms in total. The highest BCUT2D eigenvalue weighted by atomic mass is 35.5. The van der Waals surface area contributed by atoms with Crippen LogP contribution in [0.1, 0.15) is 22.0 Å². The molecule has 1 aromatic heterocycles. The minimum atomic E-state index is -0.176. The SMILES string of the molecule is CNC(c1ccc(C)c(F)c1)c1ccc(Cl)s1. The smallest absolute Gasteiger partial charge is 0.126 e. The fourth-order valence-corrected chi connectivity index (χ4v) is 2.94. The molecule has 0 fully saturated rings. The van der Waals surface area contributed by atoms with Gasteiger partial charge in [0.05, 0.1) is 10.4 Å². The van der Waals surface area contributed by atoms with E-state index in [2.05, 4.69) is 5.32 Å². The molecule has 0 aliphatic rings. The number of benzene rings is 1. The number of hydrogen-bond donors (Lipinski definition) is 1. The molecular formula is C13H13ClFNS. The second-order valence-electron chi connectivity index (χ2n) is 3.87. The lowest BCUT2D eigenvalue weighted by Gasteiger charge is -2.15. The van der Waals surface area contributed by atoms with E-state index in [1.165, 1.54) is 11.3 Å². The maximum absolute atomic E-state index is 13.5. The number of rotatable bonds is 3. The Bertz CT molecular complexity index is 524. The largest absolute Gasteiger partial charge is 0.309 e. The second kappa shape index (κ2) is 5.17. The lowest BCUT2D eigenvalue weighted by atomic mass is 10.0. The molecule has 1 heterocycles. The Balaban J connectivity index is 2.38. The molecule has 1 atom stereocenters. The molecule has 1 aromatic carbocycles. The van der Waals surface area contributed by atoms with E-state index in [-0.39, 0.29) is 11.9 Å². The van der Waals surface area contributed by atoms with Crippen molar-refractivity contribution in [3.05, 3.63) is 56.5 Å². The predicted molar refractivity (Wildman–Crippen MR) is 71.4 cm³/mol. The maximum atomic E-state index is 13.5. The molecule has 17 heavy (non-hydrogen) atoms. The maximum Gasteiger partial charge on any atom is 0.126 e. The van der Waals surface area contributed by atoms with Gasteiger partial charge in [-0.05, 0) is 43.3 Å². The van der Waals surface area contributed by atoms with Crippen molar-refractivity contribution in [3.8, 4) is 0 Å². The quantitative estimate of drug-likeness (QED) is 0.882. The number of aryl methyl sites for hydroxylation is 1. The summed E-state index contributed by atoms with van der Waals surface area (Å²) < 4.78 is 14.3. The molecule has 0 bridgehead atoms. The van der Waals surface area contributed by atoms with Crippen LogP contribution in [0.25, 0.3) is 0 Å². The van der Waals surface area contributed by atoms with Crippen molar-refractivity contribution in [1.29, 1.82) is 0 Å². The van der Waals surface area contributed by atoms with Gasteiger partial charge in [0.15, 0.2) is 0 Å². The van der Waals surface area contributed by atoms with Crippen molar-refractivity contribution in [1.82, 2.24) is 5.32 Å². The van der Waals surface area contributed by atoms with E-state index in [1.807, 2.05) is 25.2 Å². The van der Waals surface area contributed by atoms with Crippen molar-refractivity contribution in [2.75, 3.05) is 7.05 Å². The first-order valence-corrected chi connectivity index (χ1v) is 6.50. The van der Waals surface area contributed by atoms with Gasteiger partial charge in [0.2, 0.25) is 0 Å². The van der Waals surface area contributed by atoms with Crippen LogP contribution in [0.15, 0.2) is 30.3 Å². The van der Waals surface area contributed by atoms with Gasteiger partial charge in [-0.1, -0.05) is 23.7 Å². The first-order valence-electron chi connectivity index (χ1n) is 5.30. The lowest BCUT2D eigenvalue weighted by Crippen LogP contribution is -2.16. The van der Waals surface area contributed by atoms with Crippen molar-refractivity contribution in [2.24, 2.45) is 0 Å². The summed E-state index contributed by atoms with van der Waals surface area (Å²) in [5, 5.41) is 3.18. The van der Waals surface area contributed by atoms with E-state index >= 15 is 0 Å². The first-order chi connectivity index (χ1) is 8.11. The Morgan fingerprint density at radius 1 is 1.29 bits per heavy atom. The average molecular weight is 270 g/mol. The molecular weight excluding hydrogens is 257 g/mol. The normalized spacial score (nSPS) is 12.7. The summed E-state index contributed by atoms with van der Waals surface area (Å²) in [5.74, 6) is -0.176. The Hall–Kier alpha value is -0.900. The summed E-state index contributed by atoms with van der Waals surface area (Å²) >= 11 is 7.43. The molecule has 2 rings (SSSR count). The zero-order valence-corrected chi connectivity index (χ0v) is 11.2. The molecule has 0 amide bonds. The minimum absolute atomic E-state index is 0.0115. The van der Waals surface area contributed by atoms with Crippen molar-refractivity contribution >= 4 is 22.9 Å². The summed E-state index contributed by atoms with van der Waals surface area (Å²) in [6, 6.07) is 9.12. The highest BCUT2D eigenvalue weighted by molar-refractivity contribution is 7.16. The van der Waals surface area contributed by atoms with E-state index in [1.54, 1.807) is 19.1 Å². The lowest BCUT2D eigenvalue weighted by molar-refractivity contribution is 0.609. The Labute approximate surface area is 109 Å². The first kappa shape index (κ1) is 12.6. The van der Waals surface area contributed by atoms with Gasteiger partial charge in [0.25, 0.3) is 0 Å². The third-order valence-electron chi connectivity index (χ3n) is 2.70. The molecule has 0 saturated heterocycles. The van der Waals surface area contributed by atoms with E-state index in [4.69, 9.17) is 11.6 Å². The molecule has 0 spiro atoms. The van der Waals surface area contributed by atoms with E-state index < -0.39 is 0 Å². The minimum Gasteiger partial charge on any atom is -0.309 e. The van der Waals surface area contributed by atoms with Crippen molar-refractivity contribution in [3.63, 3.8) is 0 Å². The zero-order chi connectivity index (χ0) is 12.4. The van der Waals surface area contributed by atoms with Gasteiger partial charge in [-0.3, -0.25) is 0 Å². The Morgan fingerprint density at radius 3 is 2.59 bits per heavy atom. The zero-order valence-electron chi connectivity index (χ0n) is 9.63. The number of hydrogen-bond acceptors (Lipinski definition) is 2. The van der Waals surface area contributed by atoms with E-state index in [0.717, 1.165) is 14.8 Å². The van der Waals surface area contributed by atoms with Crippen molar-refractivity contribution < 1.29 is 4.39 Å². The van der Waals surface area contributed by atoms with E-state index in [9.17, 15) is 4.39 Å². The van der Waals surface area contributed by atoms with Crippen LogP contribution >= 0.6 is 22.9 Å². The molecule has 4 heteroatoms. The topological polar surface area (TPSA) is 12.0 Å². The highest BCUT2D eigenvalue weighted by Gasteiger charge is 2.15. The number of thiophene rings is 1. The Morgan fingerprint density at radius 2 is 2.06 bits per heavy atom. The molecule has 0 saturated carbocycles. The van der Waals surface area contributed by atoms with Gasteiger partial charge in [0.1, 0.15) is 5.82 Å². The summed E-state index contributed by atoms with van der Waals surface area (Å²) in [5.41, 5.74) is 1.57. The van der Waals surface area contributed by atoms with E-state index in [0.29, 0.717) is 5.56 Å². The van der Waals surface area contributed by atoms with Gasteiger partial charge in [-0.25, -0.2) is 4.39 Å². The monoisotopic (exact) mass is 269 g/mol. The second-order valence-corrected chi connectivity index (χ2v) is 5.62.